The Bertz CT molecular complexity index is 1000. The van der Waals surface area contributed by atoms with Crippen molar-refractivity contribution >= 4 is 23.6 Å². The van der Waals surface area contributed by atoms with Gasteiger partial charge in [0.1, 0.15) is 0 Å². The largest absolute Gasteiger partial charge is 0.463 e. The van der Waals surface area contributed by atoms with Crippen LogP contribution in [0.2, 0.25) is 5.02 Å². The van der Waals surface area contributed by atoms with Gasteiger partial charge in [0.2, 0.25) is 0 Å². The lowest BCUT2D eigenvalue weighted by Gasteiger charge is -2.37. The van der Waals surface area contributed by atoms with Gasteiger partial charge >= 0.3 is 12.0 Å². The van der Waals surface area contributed by atoms with Gasteiger partial charge in [-0.3, -0.25) is 9.80 Å². The Balaban J connectivity index is 1.50. The molecule has 2 heterocycles. The van der Waals surface area contributed by atoms with Gasteiger partial charge in [-0.1, -0.05) is 54.1 Å². The van der Waals surface area contributed by atoms with E-state index < -0.39 is 12.0 Å². The van der Waals surface area contributed by atoms with Crippen LogP contribution >= 0.6 is 11.6 Å². The summed E-state index contributed by atoms with van der Waals surface area (Å²) >= 11 is 6.03. The number of esters is 1. The third kappa shape index (κ3) is 5.93. The SMILES string of the molecule is CCOC(=O)C1=C(CN2CCN(Cc3ccccc3)CC2)NC(=O)N[C@@H]1c1ccc(Cl)cc1. The van der Waals surface area contributed by atoms with Gasteiger partial charge in [-0.25, -0.2) is 9.59 Å². The predicted octanol–water partition coefficient (Wildman–Crippen LogP) is 3.33. The highest BCUT2D eigenvalue weighted by molar-refractivity contribution is 6.30. The Hall–Kier alpha value is -2.87. The van der Waals surface area contributed by atoms with Crippen LogP contribution < -0.4 is 10.6 Å². The molecular weight excluding hydrogens is 440 g/mol. The Morgan fingerprint density at radius 3 is 2.27 bits per heavy atom. The van der Waals surface area contributed by atoms with Crippen molar-refractivity contribution in [3.05, 3.63) is 82.0 Å². The number of nitrogens with one attached hydrogen (secondary N) is 2. The topological polar surface area (TPSA) is 73.9 Å². The molecule has 0 aliphatic carbocycles. The van der Waals surface area contributed by atoms with E-state index in [2.05, 4.69) is 44.7 Å². The minimum Gasteiger partial charge on any atom is -0.463 e. The lowest BCUT2D eigenvalue weighted by Crippen LogP contribution is -2.51. The van der Waals surface area contributed by atoms with Crippen LogP contribution in [-0.4, -0.2) is 61.1 Å². The molecule has 174 valence electrons. The number of benzene rings is 2. The van der Waals surface area contributed by atoms with Crippen molar-refractivity contribution in [2.45, 2.75) is 19.5 Å². The molecule has 33 heavy (non-hydrogen) atoms. The van der Waals surface area contributed by atoms with Crippen molar-refractivity contribution in [3.63, 3.8) is 0 Å². The molecule has 4 rings (SSSR count). The molecule has 8 heteroatoms. The maximum atomic E-state index is 12.9. The molecule has 1 atom stereocenters. The van der Waals surface area contributed by atoms with Crippen molar-refractivity contribution in [2.75, 3.05) is 39.3 Å². The Morgan fingerprint density at radius 1 is 1.00 bits per heavy atom. The molecule has 1 saturated heterocycles. The fourth-order valence-corrected chi connectivity index (χ4v) is 4.39. The summed E-state index contributed by atoms with van der Waals surface area (Å²) in [5.74, 6) is -0.428. The molecule has 0 saturated carbocycles. The smallest absolute Gasteiger partial charge is 0.338 e. The van der Waals surface area contributed by atoms with E-state index in [1.807, 2.05) is 18.2 Å². The first-order valence-electron chi connectivity index (χ1n) is 11.2. The number of carbonyl (C=O) groups is 2. The number of nitrogens with zero attached hydrogens (tertiary/aromatic N) is 2. The molecule has 0 unspecified atom stereocenters. The van der Waals surface area contributed by atoms with Gasteiger partial charge in [0.05, 0.1) is 18.2 Å². The number of rotatable bonds is 7. The second kappa shape index (κ2) is 10.8. The molecule has 2 aliphatic heterocycles. The highest BCUT2D eigenvalue weighted by Crippen LogP contribution is 2.29. The number of urea groups is 1. The summed E-state index contributed by atoms with van der Waals surface area (Å²) in [5, 5.41) is 6.32. The first-order valence-corrected chi connectivity index (χ1v) is 11.6. The van der Waals surface area contributed by atoms with E-state index in [0.29, 0.717) is 22.8 Å². The second-order valence-electron chi connectivity index (χ2n) is 8.23. The molecule has 2 amide bonds. The number of hydrogen-bond donors (Lipinski definition) is 2. The number of carbonyl (C=O) groups excluding carboxylic acids is 2. The summed E-state index contributed by atoms with van der Waals surface area (Å²) in [5.41, 5.74) is 3.11. The molecule has 0 bridgehead atoms. The van der Waals surface area contributed by atoms with Gasteiger partial charge in [-0.2, -0.15) is 0 Å². The maximum Gasteiger partial charge on any atom is 0.338 e. The first-order chi connectivity index (χ1) is 16.0. The third-order valence-corrected chi connectivity index (χ3v) is 6.20. The summed E-state index contributed by atoms with van der Waals surface area (Å²) in [6.45, 7) is 6.97. The van der Waals surface area contributed by atoms with Gasteiger partial charge in [0.25, 0.3) is 0 Å². The van der Waals surface area contributed by atoms with Crippen LogP contribution in [-0.2, 0) is 16.1 Å². The van der Waals surface area contributed by atoms with Crippen molar-refractivity contribution in [2.24, 2.45) is 0 Å². The summed E-state index contributed by atoms with van der Waals surface area (Å²) in [4.78, 5) is 30.1. The molecule has 0 spiro atoms. The highest BCUT2D eigenvalue weighted by atomic mass is 35.5. The number of halogens is 1. The van der Waals surface area contributed by atoms with Crippen molar-refractivity contribution in [1.29, 1.82) is 0 Å². The second-order valence-corrected chi connectivity index (χ2v) is 8.67. The fourth-order valence-electron chi connectivity index (χ4n) is 4.27. The van der Waals surface area contributed by atoms with Crippen LogP contribution in [0.25, 0.3) is 0 Å². The molecule has 2 aromatic rings. The monoisotopic (exact) mass is 468 g/mol. The van der Waals surface area contributed by atoms with Crippen LogP contribution in [0.5, 0.6) is 0 Å². The molecule has 2 aliphatic rings. The quantitative estimate of drug-likeness (QED) is 0.610. The molecule has 0 radical (unpaired) electrons. The van der Waals surface area contributed by atoms with E-state index in [1.165, 1.54) is 5.56 Å². The summed E-state index contributed by atoms with van der Waals surface area (Å²) in [7, 11) is 0. The van der Waals surface area contributed by atoms with Crippen molar-refractivity contribution < 1.29 is 14.3 Å². The Labute approximate surface area is 199 Å². The molecule has 0 aromatic heterocycles. The summed E-state index contributed by atoms with van der Waals surface area (Å²) in [6.07, 6.45) is 0. The van der Waals surface area contributed by atoms with E-state index in [0.717, 1.165) is 38.3 Å². The van der Waals surface area contributed by atoms with Gasteiger partial charge in [0, 0.05) is 50.0 Å². The van der Waals surface area contributed by atoms with E-state index in [9.17, 15) is 9.59 Å². The lowest BCUT2D eigenvalue weighted by atomic mass is 9.95. The normalized spacial score (nSPS) is 19.7. The molecule has 7 nitrogen and oxygen atoms in total. The van der Waals surface area contributed by atoms with Crippen LogP contribution in [0.4, 0.5) is 4.79 Å². The minimum atomic E-state index is -0.593. The predicted molar refractivity (Wildman–Crippen MR) is 128 cm³/mol. The van der Waals surface area contributed by atoms with Gasteiger partial charge < -0.3 is 15.4 Å². The number of ether oxygens (including phenoxy) is 1. The zero-order chi connectivity index (χ0) is 23.2. The van der Waals surface area contributed by atoms with Crippen molar-refractivity contribution in [1.82, 2.24) is 20.4 Å². The molecule has 2 N–H and O–H groups in total. The first kappa shape index (κ1) is 23.3. The zero-order valence-corrected chi connectivity index (χ0v) is 19.5. The van der Waals surface area contributed by atoms with Crippen molar-refractivity contribution in [3.8, 4) is 0 Å². The van der Waals surface area contributed by atoms with E-state index >= 15 is 0 Å². The number of amides is 2. The van der Waals surface area contributed by atoms with Gasteiger partial charge in [0.15, 0.2) is 0 Å². The van der Waals surface area contributed by atoms with E-state index in [-0.39, 0.29) is 12.6 Å². The zero-order valence-electron chi connectivity index (χ0n) is 18.7. The molecule has 2 aromatic carbocycles. The summed E-state index contributed by atoms with van der Waals surface area (Å²) in [6, 6.07) is 16.6. The standard InChI is InChI=1S/C25H29ClN4O3/c1-2-33-24(31)22-21(27-25(32)28-23(22)19-8-10-20(26)11-9-19)17-30-14-12-29(13-15-30)16-18-6-4-3-5-7-18/h3-11,23H,2,12-17H2,1H3,(H2,27,28,32)/t23-/m1/s1. The molecular formula is C25H29ClN4O3. The van der Waals surface area contributed by atoms with Crippen LogP contribution in [0, 0.1) is 0 Å². The summed E-state index contributed by atoms with van der Waals surface area (Å²) < 4.78 is 5.35. The Morgan fingerprint density at radius 2 is 1.64 bits per heavy atom. The van der Waals surface area contributed by atoms with E-state index in [4.69, 9.17) is 16.3 Å². The van der Waals surface area contributed by atoms with Gasteiger partial charge in [-0.05, 0) is 30.2 Å². The van der Waals surface area contributed by atoms with Crippen LogP contribution in [0.15, 0.2) is 65.9 Å². The average Bonchev–Trinajstić information content (AvgIpc) is 2.81. The van der Waals surface area contributed by atoms with Gasteiger partial charge in [-0.15, -0.1) is 0 Å². The van der Waals surface area contributed by atoms with Crippen LogP contribution in [0.1, 0.15) is 24.1 Å². The average molecular weight is 469 g/mol. The van der Waals surface area contributed by atoms with Crippen LogP contribution in [0.3, 0.4) is 0 Å². The van der Waals surface area contributed by atoms with E-state index in [1.54, 1.807) is 19.1 Å². The highest BCUT2D eigenvalue weighted by Gasteiger charge is 2.34. The third-order valence-electron chi connectivity index (χ3n) is 5.95. The fraction of sp³-hybridized carbons (Fsp3) is 0.360. The number of hydrogen-bond acceptors (Lipinski definition) is 5. The minimum absolute atomic E-state index is 0.259. The lowest BCUT2D eigenvalue weighted by molar-refractivity contribution is -0.139. The molecule has 1 fully saturated rings. The Kier molecular flexibility index (Phi) is 7.65. The number of piperazine rings is 1. The maximum absolute atomic E-state index is 12.9.